The number of nitriles is 1. The van der Waals surface area contributed by atoms with Gasteiger partial charge in [-0.15, -0.1) is 0 Å². The van der Waals surface area contributed by atoms with Gasteiger partial charge in [0.2, 0.25) is 0 Å². The van der Waals surface area contributed by atoms with Gasteiger partial charge in [0.25, 0.3) is 0 Å². The lowest BCUT2D eigenvalue weighted by Crippen LogP contribution is -1.98. The number of benzene rings is 3. The van der Waals surface area contributed by atoms with Crippen molar-refractivity contribution in [2.45, 2.75) is 13.5 Å². The zero-order chi connectivity index (χ0) is 21.5. The number of aryl methyl sites for hydroxylation is 1. The zero-order valence-electron chi connectivity index (χ0n) is 16.8. The van der Waals surface area contributed by atoms with Crippen LogP contribution in [-0.2, 0) is 6.61 Å². The van der Waals surface area contributed by atoms with Crippen LogP contribution in [0, 0.1) is 18.3 Å². The maximum absolute atomic E-state index is 11.0. The number of hydrogen-bond donors (Lipinski definition) is 1. The summed E-state index contributed by atoms with van der Waals surface area (Å²) < 4.78 is 11.3. The molecule has 0 heterocycles. The standard InChI is InChI=1S/C25H21NO4/c1-17-3-5-18(6-4-17)16-30-23-12-7-19(14-24(23)29-2)13-22(15-26)20-8-10-21(11-9-20)25(27)28/h3-14H,16H2,1-2H3,(H,27,28)/b22-13-. The number of carbonyl (C=O) groups is 1. The molecule has 0 aromatic heterocycles. The monoisotopic (exact) mass is 399 g/mol. The van der Waals surface area contributed by atoms with Crippen molar-refractivity contribution in [1.29, 1.82) is 5.26 Å². The van der Waals surface area contributed by atoms with Crippen LogP contribution in [0.15, 0.2) is 66.7 Å². The second kappa shape index (κ2) is 9.44. The summed E-state index contributed by atoms with van der Waals surface area (Å²) in [6.07, 6.45) is 1.72. The molecule has 0 fully saturated rings. The van der Waals surface area contributed by atoms with Crippen molar-refractivity contribution < 1.29 is 19.4 Å². The lowest BCUT2D eigenvalue weighted by Gasteiger charge is -2.12. The lowest BCUT2D eigenvalue weighted by molar-refractivity contribution is 0.0697. The number of aromatic carboxylic acids is 1. The first-order valence-electron chi connectivity index (χ1n) is 9.32. The van der Waals surface area contributed by atoms with Crippen molar-refractivity contribution in [1.82, 2.24) is 0 Å². The second-order valence-electron chi connectivity index (χ2n) is 6.74. The zero-order valence-corrected chi connectivity index (χ0v) is 16.8. The van der Waals surface area contributed by atoms with Crippen molar-refractivity contribution in [2.24, 2.45) is 0 Å². The molecule has 0 bridgehead atoms. The maximum Gasteiger partial charge on any atom is 0.335 e. The summed E-state index contributed by atoms with van der Waals surface area (Å²) in [4.78, 5) is 11.0. The van der Waals surface area contributed by atoms with Crippen LogP contribution in [0.3, 0.4) is 0 Å². The minimum atomic E-state index is -1.00. The van der Waals surface area contributed by atoms with E-state index in [1.165, 1.54) is 17.7 Å². The number of carboxylic acid groups (broad SMARTS) is 1. The van der Waals surface area contributed by atoms with Gasteiger partial charge in [0.1, 0.15) is 6.61 Å². The second-order valence-corrected chi connectivity index (χ2v) is 6.74. The fourth-order valence-corrected chi connectivity index (χ4v) is 2.88. The Labute approximate surface area is 175 Å². The molecular formula is C25H21NO4. The number of allylic oxidation sites excluding steroid dienone is 1. The number of nitrogens with zero attached hydrogens (tertiary/aromatic N) is 1. The van der Waals surface area contributed by atoms with E-state index < -0.39 is 5.97 Å². The van der Waals surface area contributed by atoms with Crippen molar-refractivity contribution in [3.8, 4) is 17.6 Å². The highest BCUT2D eigenvalue weighted by Crippen LogP contribution is 2.30. The van der Waals surface area contributed by atoms with Crippen LogP contribution in [0.4, 0.5) is 0 Å². The van der Waals surface area contributed by atoms with Crippen molar-refractivity contribution in [2.75, 3.05) is 7.11 Å². The molecule has 0 unspecified atom stereocenters. The van der Waals surface area contributed by atoms with Crippen molar-refractivity contribution >= 4 is 17.6 Å². The van der Waals surface area contributed by atoms with Gasteiger partial charge >= 0.3 is 5.97 Å². The molecule has 0 spiro atoms. The third-order valence-corrected chi connectivity index (χ3v) is 4.58. The minimum absolute atomic E-state index is 0.174. The number of methoxy groups -OCH3 is 1. The normalized spacial score (nSPS) is 10.9. The molecule has 0 aliphatic rings. The summed E-state index contributed by atoms with van der Waals surface area (Å²) in [5.41, 5.74) is 4.26. The van der Waals surface area contributed by atoms with Gasteiger partial charge in [0.05, 0.1) is 24.3 Å². The molecule has 5 heteroatoms. The van der Waals surface area contributed by atoms with E-state index in [0.29, 0.717) is 29.2 Å². The molecule has 0 aliphatic heterocycles. The molecule has 5 nitrogen and oxygen atoms in total. The summed E-state index contributed by atoms with van der Waals surface area (Å²) in [6, 6.07) is 21.9. The van der Waals surface area contributed by atoms with E-state index >= 15 is 0 Å². The molecule has 30 heavy (non-hydrogen) atoms. The van der Waals surface area contributed by atoms with E-state index in [0.717, 1.165) is 11.1 Å². The Morgan fingerprint density at radius 3 is 2.27 bits per heavy atom. The SMILES string of the molecule is COc1cc(/C=C(/C#N)c2ccc(C(=O)O)cc2)ccc1OCc1ccc(C)cc1. The summed E-state index contributed by atoms with van der Waals surface area (Å²) >= 11 is 0. The van der Waals surface area contributed by atoms with Gasteiger partial charge in [0.15, 0.2) is 11.5 Å². The minimum Gasteiger partial charge on any atom is -0.493 e. The van der Waals surface area contributed by atoms with Crippen LogP contribution < -0.4 is 9.47 Å². The van der Waals surface area contributed by atoms with Gasteiger partial charge in [-0.2, -0.15) is 5.26 Å². The summed E-state index contributed by atoms with van der Waals surface area (Å²) in [5.74, 6) is 0.170. The highest BCUT2D eigenvalue weighted by atomic mass is 16.5. The Hall–Kier alpha value is -4.04. The Morgan fingerprint density at radius 2 is 1.67 bits per heavy atom. The fourth-order valence-electron chi connectivity index (χ4n) is 2.88. The number of ether oxygens (including phenoxy) is 2. The first kappa shape index (κ1) is 20.7. The molecule has 0 radical (unpaired) electrons. The number of rotatable bonds is 7. The Balaban J connectivity index is 1.80. The molecule has 150 valence electrons. The molecular weight excluding hydrogens is 378 g/mol. The molecule has 0 atom stereocenters. The van der Waals surface area contributed by atoms with Crippen LogP contribution in [0.25, 0.3) is 11.6 Å². The highest BCUT2D eigenvalue weighted by molar-refractivity contribution is 5.92. The van der Waals surface area contributed by atoms with Crippen LogP contribution in [0.5, 0.6) is 11.5 Å². The first-order valence-corrected chi connectivity index (χ1v) is 9.32. The van der Waals surface area contributed by atoms with E-state index in [9.17, 15) is 10.1 Å². The van der Waals surface area contributed by atoms with Gasteiger partial charge in [-0.1, -0.05) is 48.0 Å². The van der Waals surface area contributed by atoms with E-state index in [1.54, 1.807) is 37.5 Å². The van der Waals surface area contributed by atoms with Crippen LogP contribution in [0.1, 0.15) is 32.6 Å². The maximum atomic E-state index is 11.0. The molecule has 0 aliphatic carbocycles. The summed E-state index contributed by atoms with van der Waals surface area (Å²) in [6.45, 7) is 2.46. The van der Waals surface area contributed by atoms with Crippen molar-refractivity contribution in [3.05, 3.63) is 94.5 Å². The van der Waals surface area contributed by atoms with Gasteiger partial charge in [-0.05, 0) is 54.0 Å². The van der Waals surface area contributed by atoms with Gasteiger partial charge < -0.3 is 14.6 Å². The molecule has 3 aromatic rings. The average molecular weight is 399 g/mol. The van der Waals surface area contributed by atoms with E-state index in [4.69, 9.17) is 14.6 Å². The largest absolute Gasteiger partial charge is 0.493 e. The smallest absolute Gasteiger partial charge is 0.335 e. The molecule has 0 amide bonds. The predicted octanol–water partition coefficient (Wildman–Crippen LogP) is 5.35. The third-order valence-electron chi connectivity index (χ3n) is 4.58. The first-order chi connectivity index (χ1) is 14.5. The van der Waals surface area contributed by atoms with Gasteiger partial charge in [0, 0.05) is 0 Å². The predicted molar refractivity (Wildman–Crippen MR) is 115 cm³/mol. The molecule has 1 N–H and O–H groups in total. The Kier molecular flexibility index (Phi) is 6.51. The van der Waals surface area contributed by atoms with Gasteiger partial charge in [-0.3, -0.25) is 0 Å². The van der Waals surface area contributed by atoms with Crippen LogP contribution >= 0.6 is 0 Å². The third kappa shape index (κ3) is 5.06. The summed E-state index contributed by atoms with van der Waals surface area (Å²) in [5, 5.41) is 18.6. The molecule has 0 saturated carbocycles. The number of hydrogen-bond acceptors (Lipinski definition) is 4. The van der Waals surface area contributed by atoms with E-state index in [1.807, 2.05) is 37.3 Å². The Bertz CT molecular complexity index is 1110. The van der Waals surface area contributed by atoms with E-state index in [2.05, 4.69) is 6.07 Å². The average Bonchev–Trinajstić information content (AvgIpc) is 2.77. The molecule has 3 aromatic carbocycles. The van der Waals surface area contributed by atoms with Crippen LogP contribution in [-0.4, -0.2) is 18.2 Å². The molecule has 0 saturated heterocycles. The van der Waals surface area contributed by atoms with Crippen molar-refractivity contribution in [3.63, 3.8) is 0 Å². The van der Waals surface area contributed by atoms with Gasteiger partial charge in [-0.25, -0.2) is 4.79 Å². The van der Waals surface area contributed by atoms with E-state index in [-0.39, 0.29) is 5.56 Å². The fraction of sp³-hybridized carbons (Fsp3) is 0.120. The summed E-state index contributed by atoms with van der Waals surface area (Å²) in [7, 11) is 1.57. The Morgan fingerprint density at radius 1 is 1.00 bits per heavy atom. The highest BCUT2D eigenvalue weighted by Gasteiger charge is 2.08. The topological polar surface area (TPSA) is 79.5 Å². The van der Waals surface area contributed by atoms with Crippen LogP contribution in [0.2, 0.25) is 0 Å². The molecule has 3 rings (SSSR count). The number of carboxylic acids is 1. The quantitative estimate of drug-likeness (QED) is 0.428. The lowest BCUT2D eigenvalue weighted by atomic mass is 10.0.